The van der Waals surface area contributed by atoms with E-state index in [0.717, 1.165) is 0 Å². The van der Waals surface area contributed by atoms with Crippen molar-refractivity contribution in [3.63, 3.8) is 0 Å². The maximum Gasteiger partial charge on any atom is 0.310 e. The number of carbonyl (C=O) groups is 1. The first-order valence-corrected chi connectivity index (χ1v) is 8.27. The average molecular weight is 406 g/mol. The summed E-state index contributed by atoms with van der Waals surface area (Å²) in [6.07, 6.45) is 0. The van der Waals surface area contributed by atoms with Crippen LogP contribution in [0.1, 0.15) is 19.4 Å². The zero-order chi connectivity index (χ0) is 18.2. The lowest BCUT2D eigenvalue weighted by molar-refractivity contribution is -0.147. The van der Waals surface area contributed by atoms with E-state index in [0.29, 0.717) is 21.3 Å². The summed E-state index contributed by atoms with van der Waals surface area (Å²) in [4.78, 5) is 11.5. The van der Waals surface area contributed by atoms with Gasteiger partial charge in [0.05, 0.1) is 31.7 Å². The fourth-order valence-corrected chi connectivity index (χ4v) is 2.99. The smallest absolute Gasteiger partial charge is 0.310 e. The molecule has 1 N–H and O–H groups in total. The number of carboxylic acid groups (broad SMARTS) is 1. The molecule has 0 spiro atoms. The largest absolute Gasteiger partial charge is 0.481 e. The van der Waals surface area contributed by atoms with Gasteiger partial charge < -0.3 is 9.67 Å². The van der Waals surface area contributed by atoms with Gasteiger partial charge in [-0.05, 0) is 26.0 Å². The molecule has 24 heavy (non-hydrogen) atoms. The van der Waals surface area contributed by atoms with Crippen molar-refractivity contribution in [2.75, 3.05) is 0 Å². The molecule has 8 heteroatoms. The van der Waals surface area contributed by atoms with Crippen LogP contribution >= 0.6 is 46.4 Å². The van der Waals surface area contributed by atoms with E-state index >= 15 is 0 Å². The molecule has 0 fully saturated rings. The minimum atomic E-state index is -1.12. The van der Waals surface area contributed by atoms with Gasteiger partial charge in [0.2, 0.25) is 0 Å². The van der Waals surface area contributed by atoms with Crippen molar-refractivity contribution in [1.29, 1.82) is 5.26 Å². The minimum Gasteiger partial charge on any atom is -0.481 e. The quantitative estimate of drug-likeness (QED) is 0.703. The van der Waals surface area contributed by atoms with Crippen molar-refractivity contribution >= 4 is 52.4 Å². The van der Waals surface area contributed by atoms with Gasteiger partial charge in [-0.15, -0.1) is 0 Å². The van der Waals surface area contributed by atoms with E-state index in [1.807, 2.05) is 6.07 Å². The Morgan fingerprint density at radius 3 is 2.38 bits per heavy atom. The normalized spacial score (nSPS) is 11.4. The summed E-state index contributed by atoms with van der Waals surface area (Å²) >= 11 is 24.4. The highest BCUT2D eigenvalue weighted by atomic mass is 35.5. The number of benzene rings is 1. The first-order chi connectivity index (χ1) is 11.1. The molecular weight excluding hydrogens is 394 g/mol. The van der Waals surface area contributed by atoms with E-state index in [9.17, 15) is 15.2 Å². The molecule has 2 rings (SSSR count). The maximum absolute atomic E-state index is 11.5. The number of nitriles is 1. The molecule has 0 radical (unpaired) electrons. The molecule has 0 aliphatic rings. The van der Waals surface area contributed by atoms with Gasteiger partial charge in [-0.2, -0.15) is 5.26 Å². The minimum absolute atomic E-state index is 0.0259. The van der Waals surface area contributed by atoms with Crippen LogP contribution in [0.2, 0.25) is 20.2 Å². The standard InChI is InChI=1S/C16H12Cl4N2O2/c1-16(2,15(23)24)7-22-13(9(6-21)12(19)14(22)20)8-3-4-10(17)11(18)5-8/h3-5H,7H2,1-2H3,(H,23,24). The van der Waals surface area contributed by atoms with Crippen LogP contribution in [0.25, 0.3) is 11.3 Å². The average Bonchev–Trinajstić information content (AvgIpc) is 2.74. The summed E-state index contributed by atoms with van der Waals surface area (Å²) in [7, 11) is 0. The summed E-state index contributed by atoms with van der Waals surface area (Å²) in [5.74, 6) is -0.998. The fourth-order valence-electron chi connectivity index (χ4n) is 2.22. The van der Waals surface area contributed by atoms with Crippen molar-refractivity contribution in [3.8, 4) is 17.3 Å². The zero-order valence-electron chi connectivity index (χ0n) is 12.7. The van der Waals surface area contributed by atoms with Crippen LogP contribution in [-0.2, 0) is 11.3 Å². The van der Waals surface area contributed by atoms with Gasteiger partial charge in [-0.25, -0.2) is 0 Å². The number of nitrogens with zero attached hydrogens (tertiary/aromatic N) is 2. The topological polar surface area (TPSA) is 66.0 Å². The Morgan fingerprint density at radius 2 is 1.88 bits per heavy atom. The van der Waals surface area contributed by atoms with Crippen LogP contribution < -0.4 is 0 Å². The van der Waals surface area contributed by atoms with E-state index in [4.69, 9.17) is 46.4 Å². The number of carboxylic acids is 1. The van der Waals surface area contributed by atoms with E-state index < -0.39 is 11.4 Å². The molecule has 1 heterocycles. The van der Waals surface area contributed by atoms with E-state index in [-0.39, 0.29) is 22.3 Å². The molecule has 4 nitrogen and oxygen atoms in total. The molecule has 0 amide bonds. The van der Waals surface area contributed by atoms with Gasteiger partial charge in [-0.1, -0.05) is 52.5 Å². The van der Waals surface area contributed by atoms with Gasteiger partial charge in [-0.3, -0.25) is 4.79 Å². The van der Waals surface area contributed by atoms with Crippen LogP contribution in [0.15, 0.2) is 18.2 Å². The summed E-state index contributed by atoms with van der Waals surface area (Å²) in [5, 5.41) is 19.7. The molecular formula is C16H12Cl4N2O2. The molecule has 126 valence electrons. The summed E-state index contributed by atoms with van der Waals surface area (Å²) < 4.78 is 1.51. The number of halogens is 4. The predicted molar refractivity (Wildman–Crippen MR) is 96.0 cm³/mol. The van der Waals surface area contributed by atoms with Crippen LogP contribution in [-0.4, -0.2) is 15.6 Å². The number of aliphatic carboxylic acids is 1. The second kappa shape index (κ2) is 6.85. The highest BCUT2D eigenvalue weighted by Crippen LogP contribution is 2.40. The highest BCUT2D eigenvalue weighted by Gasteiger charge is 2.32. The number of aromatic nitrogens is 1. The molecule has 1 aromatic heterocycles. The van der Waals surface area contributed by atoms with Crippen molar-refractivity contribution in [2.45, 2.75) is 20.4 Å². The first kappa shape index (κ1) is 19.0. The van der Waals surface area contributed by atoms with Crippen molar-refractivity contribution in [2.24, 2.45) is 5.41 Å². The Hall–Kier alpha value is -1.38. The molecule has 0 atom stereocenters. The van der Waals surface area contributed by atoms with Crippen LogP contribution in [0.3, 0.4) is 0 Å². The summed E-state index contributed by atoms with van der Waals surface area (Å²) in [6.45, 7) is 3.15. The molecule has 1 aromatic carbocycles. The van der Waals surface area contributed by atoms with Gasteiger partial charge in [0.1, 0.15) is 11.2 Å². The van der Waals surface area contributed by atoms with Gasteiger partial charge in [0.25, 0.3) is 0 Å². The van der Waals surface area contributed by atoms with E-state index in [1.54, 1.807) is 32.0 Å². The SMILES string of the molecule is CC(C)(Cn1c(Cl)c(Cl)c(C#N)c1-c1ccc(Cl)c(Cl)c1)C(=O)O. The molecule has 0 aliphatic heterocycles. The van der Waals surface area contributed by atoms with Gasteiger partial charge >= 0.3 is 5.97 Å². The Balaban J connectivity index is 2.74. The maximum atomic E-state index is 11.5. The van der Waals surface area contributed by atoms with Crippen LogP contribution in [0, 0.1) is 16.7 Å². The molecule has 0 bridgehead atoms. The molecule has 0 aliphatic carbocycles. The molecule has 0 saturated heterocycles. The van der Waals surface area contributed by atoms with Crippen molar-refractivity contribution < 1.29 is 9.90 Å². The fraction of sp³-hybridized carbons (Fsp3) is 0.250. The van der Waals surface area contributed by atoms with E-state index in [1.165, 1.54) is 4.57 Å². The predicted octanol–water partition coefficient (Wildman–Crippen LogP) is 5.75. The zero-order valence-corrected chi connectivity index (χ0v) is 15.7. The third-order valence-corrected chi connectivity index (χ3v) is 5.18. The molecule has 2 aromatic rings. The molecule has 0 unspecified atom stereocenters. The monoisotopic (exact) mass is 404 g/mol. The van der Waals surface area contributed by atoms with Crippen molar-refractivity contribution in [1.82, 2.24) is 4.57 Å². The first-order valence-electron chi connectivity index (χ1n) is 6.76. The third-order valence-electron chi connectivity index (χ3n) is 3.58. The lowest BCUT2D eigenvalue weighted by Gasteiger charge is -2.22. The van der Waals surface area contributed by atoms with Crippen LogP contribution in [0.4, 0.5) is 0 Å². The van der Waals surface area contributed by atoms with E-state index in [2.05, 4.69) is 0 Å². The number of hydrogen-bond acceptors (Lipinski definition) is 2. The number of rotatable bonds is 4. The summed E-state index contributed by atoms with van der Waals surface area (Å²) in [6, 6.07) is 6.85. The Kier molecular flexibility index (Phi) is 5.41. The second-order valence-electron chi connectivity index (χ2n) is 5.84. The highest BCUT2D eigenvalue weighted by molar-refractivity contribution is 6.43. The molecule has 0 saturated carbocycles. The lowest BCUT2D eigenvalue weighted by atomic mass is 9.93. The second-order valence-corrected chi connectivity index (χ2v) is 7.39. The van der Waals surface area contributed by atoms with Gasteiger partial charge in [0, 0.05) is 12.1 Å². The lowest BCUT2D eigenvalue weighted by Crippen LogP contribution is -2.29. The Bertz CT molecular complexity index is 866. The summed E-state index contributed by atoms with van der Waals surface area (Å²) in [5.41, 5.74) is 0.00141. The van der Waals surface area contributed by atoms with Crippen LogP contribution in [0.5, 0.6) is 0 Å². The number of hydrogen-bond donors (Lipinski definition) is 1. The van der Waals surface area contributed by atoms with Crippen molar-refractivity contribution in [3.05, 3.63) is 44.0 Å². The third kappa shape index (κ3) is 3.36. The Labute approximate surface area is 159 Å². The Morgan fingerprint density at radius 1 is 1.25 bits per heavy atom. The van der Waals surface area contributed by atoms with Gasteiger partial charge in [0.15, 0.2) is 0 Å².